The highest BCUT2D eigenvalue weighted by atomic mass is 16.4. The van der Waals surface area contributed by atoms with Crippen LogP contribution in [0.15, 0.2) is 24.3 Å². The third kappa shape index (κ3) is 1.20. The van der Waals surface area contributed by atoms with E-state index in [2.05, 4.69) is 0 Å². The van der Waals surface area contributed by atoms with Crippen LogP contribution in [0.25, 0.3) is 22.9 Å². The Bertz CT molecular complexity index is 741. The number of aromatic carboxylic acids is 2. The van der Waals surface area contributed by atoms with Crippen molar-refractivity contribution in [2.75, 3.05) is 0 Å². The first-order valence-electron chi connectivity index (χ1n) is 5.34. The van der Waals surface area contributed by atoms with Crippen molar-refractivity contribution in [1.82, 2.24) is 0 Å². The lowest BCUT2D eigenvalue weighted by Gasteiger charge is -2.19. The van der Waals surface area contributed by atoms with Crippen LogP contribution in [-0.4, -0.2) is 22.2 Å². The molecule has 0 heterocycles. The minimum absolute atomic E-state index is 0.126. The minimum atomic E-state index is -1.22. The van der Waals surface area contributed by atoms with Gasteiger partial charge in [0.1, 0.15) is 0 Å². The first-order valence-corrected chi connectivity index (χ1v) is 5.34. The second kappa shape index (κ2) is 3.43. The van der Waals surface area contributed by atoms with Crippen LogP contribution in [0.4, 0.5) is 0 Å². The number of hydrogen-bond donors (Lipinski definition) is 2. The van der Waals surface area contributed by atoms with Crippen molar-refractivity contribution in [3.8, 4) is 0 Å². The van der Waals surface area contributed by atoms with E-state index >= 15 is 0 Å². The number of carboxylic acids is 2. The Hall–Kier alpha value is -2.62. The van der Waals surface area contributed by atoms with Gasteiger partial charge in [-0.1, -0.05) is 36.4 Å². The lowest BCUT2D eigenvalue weighted by molar-refractivity contribution is 0.0653. The van der Waals surface area contributed by atoms with Gasteiger partial charge in [-0.15, -0.1) is 0 Å². The molecular weight excluding hydrogens is 232 g/mol. The number of carboxylic acid groups (broad SMARTS) is 2. The fourth-order valence-corrected chi connectivity index (χ4v) is 2.35. The maximum atomic E-state index is 11.3. The molecule has 0 bridgehead atoms. The van der Waals surface area contributed by atoms with Gasteiger partial charge < -0.3 is 10.2 Å². The molecule has 0 atom stereocenters. The lowest BCUT2D eigenvalue weighted by Crippen LogP contribution is -2.14. The maximum Gasteiger partial charge on any atom is 0.337 e. The molecule has 0 saturated heterocycles. The topological polar surface area (TPSA) is 74.6 Å². The normalized spacial score (nSPS) is 12.0. The van der Waals surface area contributed by atoms with Crippen LogP contribution in [0.1, 0.15) is 31.8 Å². The van der Waals surface area contributed by atoms with E-state index in [4.69, 9.17) is 0 Å². The molecule has 88 valence electrons. The number of fused-ring (bicyclic) bond motifs is 3. The van der Waals surface area contributed by atoms with Crippen LogP contribution < -0.4 is 0 Å². The summed E-state index contributed by atoms with van der Waals surface area (Å²) in [6, 6.07) is 6.95. The molecule has 4 nitrogen and oxygen atoms in total. The summed E-state index contributed by atoms with van der Waals surface area (Å²) in [6.45, 7) is 0. The highest BCUT2D eigenvalue weighted by Gasteiger charge is 2.27. The van der Waals surface area contributed by atoms with Crippen LogP contribution in [-0.2, 0) is 0 Å². The van der Waals surface area contributed by atoms with Gasteiger partial charge >= 0.3 is 11.9 Å². The Labute approximate surface area is 102 Å². The molecule has 0 unspecified atom stereocenters. The predicted molar refractivity (Wildman–Crippen MR) is 66.8 cm³/mol. The molecule has 3 rings (SSSR count). The zero-order valence-corrected chi connectivity index (χ0v) is 9.18. The van der Waals surface area contributed by atoms with Gasteiger partial charge in [-0.25, -0.2) is 9.59 Å². The number of hydrogen-bond acceptors (Lipinski definition) is 2. The Morgan fingerprint density at radius 1 is 0.778 bits per heavy atom. The molecule has 18 heavy (non-hydrogen) atoms. The molecule has 0 aliphatic heterocycles. The highest BCUT2D eigenvalue weighted by molar-refractivity contribution is 6.19. The maximum absolute atomic E-state index is 11.3. The number of rotatable bonds is 2. The largest absolute Gasteiger partial charge is 0.478 e. The summed E-state index contributed by atoms with van der Waals surface area (Å²) >= 11 is 0. The fourth-order valence-electron chi connectivity index (χ4n) is 2.35. The van der Waals surface area contributed by atoms with Gasteiger partial charge in [0.2, 0.25) is 0 Å². The Balaban J connectivity index is 2.56. The molecule has 1 aliphatic rings. The van der Waals surface area contributed by atoms with Gasteiger partial charge in [0.05, 0.1) is 11.1 Å². The monoisotopic (exact) mass is 240 g/mol. The van der Waals surface area contributed by atoms with Crippen molar-refractivity contribution in [2.24, 2.45) is 0 Å². The second-order valence-electron chi connectivity index (χ2n) is 4.07. The van der Waals surface area contributed by atoms with Gasteiger partial charge in [0.25, 0.3) is 0 Å². The van der Waals surface area contributed by atoms with Crippen LogP contribution in [0.2, 0.25) is 0 Å². The molecule has 2 aromatic rings. The third-order valence-corrected chi connectivity index (χ3v) is 3.14. The summed E-state index contributed by atoms with van der Waals surface area (Å²) in [7, 11) is 0. The molecule has 0 fully saturated rings. The molecule has 0 radical (unpaired) electrons. The molecule has 1 aliphatic carbocycles. The van der Waals surface area contributed by atoms with Crippen molar-refractivity contribution in [3.05, 3.63) is 46.5 Å². The molecule has 4 heteroatoms. The van der Waals surface area contributed by atoms with Crippen LogP contribution in [0.3, 0.4) is 0 Å². The van der Waals surface area contributed by atoms with Gasteiger partial charge in [-0.2, -0.15) is 0 Å². The van der Waals surface area contributed by atoms with E-state index in [1.54, 1.807) is 36.4 Å². The quantitative estimate of drug-likeness (QED) is 0.722. The Morgan fingerprint density at radius 2 is 1.33 bits per heavy atom. The zero-order valence-electron chi connectivity index (χ0n) is 9.18. The van der Waals surface area contributed by atoms with Crippen molar-refractivity contribution in [3.63, 3.8) is 0 Å². The summed E-state index contributed by atoms with van der Waals surface area (Å²) in [4.78, 5) is 22.6. The Kier molecular flexibility index (Phi) is 2.01. The van der Waals surface area contributed by atoms with E-state index in [1.165, 1.54) is 0 Å². The second-order valence-corrected chi connectivity index (χ2v) is 4.07. The SMILES string of the molecule is O=C(O)c1c2c(c3ccccc3c1C(=O)O)C=C2. The first-order chi connectivity index (χ1) is 8.61. The van der Waals surface area contributed by atoms with Crippen LogP contribution >= 0.6 is 0 Å². The smallest absolute Gasteiger partial charge is 0.337 e. The third-order valence-electron chi connectivity index (χ3n) is 3.14. The van der Waals surface area contributed by atoms with E-state index in [0.29, 0.717) is 10.9 Å². The highest BCUT2D eigenvalue weighted by Crippen LogP contribution is 2.37. The summed E-state index contributed by atoms with van der Waals surface area (Å²) in [6.07, 6.45) is 3.44. The summed E-state index contributed by atoms with van der Waals surface area (Å²) in [5.41, 5.74) is 1.03. The van der Waals surface area contributed by atoms with Crippen LogP contribution in [0.5, 0.6) is 0 Å². The van der Waals surface area contributed by atoms with Gasteiger partial charge in [0, 0.05) is 0 Å². The zero-order chi connectivity index (χ0) is 12.9. The molecule has 0 amide bonds. The summed E-state index contributed by atoms with van der Waals surface area (Å²) < 4.78 is 0. The summed E-state index contributed by atoms with van der Waals surface area (Å²) in [5.74, 6) is -2.43. The predicted octanol–water partition coefficient (Wildman–Crippen LogP) is 2.72. The fraction of sp³-hybridized carbons (Fsp3) is 0. The average molecular weight is 240 g/mol. The average Bonchev–Trinajstić information content (AvgIpc) is 2.27. The van der Waals surface area contributed by atoms with E-state index in [0.717, 1.165) is 10.9 Å². The van der Waals surface area contributed by atoms with Crippen LogP contribution in [0, 0.1) is 0 Å². The van der Waals surface area contributed by atoms with Crippen molar-refractivity contribution in [1.29, 1.82) is 0 Å². The molecular formula is C14H8O4. The molecule has 0 spiro atoms. The lowest BCUT2D eigenvalue weighted by atomic mass is 9.83. The van der Waals surface area contributed by atoms with Crippen molar-refractivity contribution >= 4 is 34.9 Å². The number of carbonyl (C=O) groups is 2. The minimum Gasteiger partial charge on any atom is -0.478 e. The van der Waals surface area contributed by atoms with Crippen molar-refractivity contribution in [2.45, 2.75) is 0 Å². The number of benzene rings is 2. The van der Waals surface area contributed by atoms with E-state index < -0.39 is 11.9 Å². The Morgan fingerprint density at radius 3 is 1.83 bits per heavy atom. The standard InChI is InChI=1S/C14H8O4/c15-13(16)11-9-4-2-1-3-7(9)8-5-6-10(8)12(11)14(17)18/h1-6H,(H,15,16)(H,17,18). The van der Waals surface area contributed by atoms with Gasteiger partial charge in [0.15, 0.2) is 0 Å². The van der Waals surface area contributed by atoms with E-state index in [1.807, 2.05) is 0 Å². The molecule has 2 N–H and O–H groups in total. The van der Waals surface area contributed by atoms with E-state index in [9.17, 15) is 19.8 Å². The molecule has 0 aromatic heterocycles. The van der Waals surface area contributed by atoms with Crippen molar-refractivity contribution < 1.29 is 19.8 Å². The first kappa shape index (κ1) is 10.5. The van der Waals surface area contributed by atoms with Gasteiger partial charge in [-0.3, -0.25) is 0 Å². The molecule has 2 aromatic carbocycles. The van der Waals surface area contributed by atoms with Gasteiger partial charge in [-0.05, 0) is 21.9 Å². The summed E-state index contributed by atoms with van der Waals surface area (Å²) in [5, 5.41) is 19.7. The molecule has 0 saturated carbocycles. The van der Waals surface area contributed by atoms with E-state index in [-0.39, 0.29) is 11.1 Å².